The Hall–Kier alpha value is -1.89. The van der Waals surface area contributed by atoms with Crippen molar-refractivity contribution in [2.75, 3.05) is 0 Å². The van der Waals surface area contributed by atoms with Gasteiger partial charge in [0.25, 0.3) is 0 Å². The first kappa shape index (κ1) is 14.5. The van der Waals surface area contributed by atoms with Gasteiger partial charge < -0.3 is 0 Å². The number of benzene rings is 2. The standard InChI is InChI=1S/C13H8F4O2S/c14-10-4-2-6-12(8-10)20(18,19)11-5-1-3-9(7-11)13(15,16)17/h1-8H. The van der Waals surface area contributed by atoms with Gasteiger partial charge in [0.15, 0.2) is 0 Å². The molecule has 20 heavy (non-hydrogen) atoms. The number of hydrogen-bond donors (Lipinski definition) is 0. The van der Waals surface area contributed by atoms with Crippen LogP contribution in [0.4, 0.5) is 17.6 Å². The van der Waals surface area contributed by atoms with Crippen LogP contribution in [0.3, 0.4) is 0 Å². The minimum Gasteiger partial charge on any atom is -0.219 e. The van der Waals surface area contributed by atoms with E-state index in [1.807, 2.05) is 0 Å². The van der Waals surface area contributed by atoms with Gasteiger partial charge in [-0.3, -0.25) is 0 Å². The third kappa shape index (κ3) is 2.82. The topological polar surface area (TPSA) is 34.1 Å². The van der Waals surface area contributed by atoms with Crippen LogP contribution in [0.1, 0.15) is 5.56 Å². The molecule has 0 saturated heterocycles. The Kier molecular flexibility index (Phi) is 3.56. The number of hydrogen-bond acceptors (Lipinski definition) is 2. The molecule has 7 heteroatoms. The summed E-state index contributed by atoms with van der Waals surface area (Å²) in [5.41, 5.74) is -1.07. The van der Waals surface area contributed by atoms with Gasteiger partial charge in [-0.05, 0) is 36.4 Å². The Morgan fingerprint density at radius 3 is 1.95 bits per heavy atom. The average Bonchev–Trinajstić information content (AvgIpc) is 2.38. The van der Waals surface area contributed by atoms with E-state index >= 15 is 0 Å². The summed E-state index contributed by atoms with van der Waals surface area (Å²) in [5.74, 6) is -0.780. The third-order valence-electron chi connectivity index (χ3n) is 2.58. The zero-order valence-electron chi connectivity index (χ0n) is 9.86. The van der Waals surface area contributed by atoms with Crippen molar-refractivity contribution in [2.45, 2.75) is 16.0 Å². The van der Waals surface area contributed by atoms with Crippen molar-refractivity contribution in [3.63, 3.8) is 0 Å². The molecule has 0 N–H and O–H groups in total. The average molecular weight is 304 g/mol. The molecule has 0 aliphatic carbocycles. The van der Waals surface area contributed by atoms with Crippen LogP contribution in [0, 0.1) is 5.82 Å². The molecule has 106 valence electrons. The van der Waals surface area contributed by atoms with Gasteiger partial charge in [0.05, 0.1) is 15.4 Å². The summed E-state index contributed by atoms with van der Waals surface area (Å²) in [6, 6.07) is 7.44. The molecule has 2 aromatic rings. The van der Waals surface area contributed by atoms with Gasteiger partial charge in [-0.15, -0.1) is 0 Å². The van der Waals surface area contributed by atoms with Crippen LogP contribution in [0.2, 0.25) is 0 Å². The van der Waals surface area contributed by atoms with Crippen molar-refractivity contribution in [2.24, 2.45) is 0 Å². The van der Waals surface area contributed by atoms with E-state index in [0.717, 1.165) is 36.4 Å². The van der Waals surface area contributed by atoms with Gasteiger partial charge in [-0.1, -0.05) is 12.1 Å². The molecule has 0 aliphatic rings. The van der Waals surface area contributed by atoms with Gasteiger partial charge in [0.1, 0.15) is 5.82 Å². The van der Waals surface area contributed by atoms with Crippen LogP contribution in [0.15, 0.2) is 58.3 Å². The molecular formula is C13H8F4O2S. The van der Waals surface area contributed by atoms with Crippen LogP contribution < -0.4 is 0 Å². The summed E-state index contributed by atoms with van der Waals surface area (Å²) < 4.78 is 75.0. The Morgan fingerprint density at radius 1 is 0.850 bits per heavy atom. The van der Waals surface area contributed by atoms with E-state index in [-0.39, 0.29) is 0 Å². The number of rotatable bonds is 2. The van der Waals surface area contributed by atoms with Crippen molar-refractivity contribution >= 4 is 9.84 Å². The molecule has 0 unspecified atom stereocenters. The number of sulfone groups is 1. The predicted octanol–water partition coefficient (Wildman–Crippen LogP) is 3.68. The lowest BCUT2D eigenvalue weighted by molar-refractivity contribution is -0.137. The van der Waals surface area contributed by atoms with Crippen LogP contribution in [-0.2, 0) is 16.0 Å². The summed E-state index contributed by atoms with van der Waals surface area (Å²) in [5, 5.41) is 0. The molecule has 0 aromatic heterocycles. The van der Waals surface area contributed by atoms with E-state index in [0.29, 0.717) is 6.07 Å². The minimum absolute atomic E-state index is 0.392. The van der Waals surface area contributed by atoms with Crippen molar-refractivity contribution in [1.29, 1.82) is 0 Å². The molecule has 0 atom stereocenters. The van der Waals surface area contributed by atoms with E-state index in [1.54, 1.807) is 0 Å². The summed E-state index contributed by atoms with van der Waals surface area (Å²) in [6.45, 7) is 0. The first-order chi connectivity index (χ1) is 9.21. The third-order valence-corrected chi connectivity index (χ3v) is 4.33. The second-order valence-electron chi connectivity index (χ2n) is 3.99. The monoisotopic (exact) mass is 304 g/mol. The fourth-order valence-corrected chi connectivity index (χ4v) is 2.95. The van der Waals surface area contributed by atoms with E-state index in [2.05, 4.69) is 0 Å². The van der Waals surface area contributed by atoms with Crippen molar-refractivity contribution in [1.82, 2.24) is 0 Å². The fraction of sp³-hybridized carbons (Fsp3) is 0.0769. The minimum atomic E-state index is -4.65. The smallest absolute Gasteiger partial charge is 0.219 e. The fourth-order valence-electron chi connectivity index (χ4n) is 1.61. The molecule has 0 bridgehead atoms. The molecule has 0 heterocycles. The Labute approximate surface area is 112 Å². The zero-order chi connectivity index (χ0) is 15.0. The van der Waals surface area contributed by atoms with E-state index in [4.69, 9.17) is 0 Å². The molecule has 0 amide bonds. The van der Waals surface area contributed by atoms with Crippen LogP contribution in [0.25, 0.3) is 0 Å². The highest BCUT2D eigenvalue weighted by Crippen LogP contribution is 2.31. The maximum Gasteiger partial charge on any atom is 0.416 e. The highest BCUT2D eigenvalue weighted by atomic mass is 32.2. The van der Waals surface area contributed by atoms with Gasteiger partial charge in [-0.2, -0.15) is 13.2 Å². The normalized spacial score (nSPS) is 12.4. The van der Waals surface area contributed by atoms with Crippen LogP contribution in [0.5, 0.6) is 0 Å². The SMILES string of the molecule is O=S(=O)(c1cccc(F)c1)c1cccc(C(F)(F)F)c1. The summed E-state index contributed by atoms with van der Waals surface area (Å²) >= 11 is 0. The quantitative estimate of drug-likeness (QED) is 0.793. The van der Waals surface area contributed by atoms with E-state index in [9.17, 15) is 26.0 Å². The summed E-state index contributed by atoms with van der Waals surface area (Å²) in [4.78, 5) is -0.922. The van der Waals surface area contributed by atoms with Crippen molar-refractivity contribution in [3.05, 3.63) is 59.9 Å². The lowest BCUT2D eigenvalue weighted by Gasteiger charge is -2.09. The van der Waals surface area contributed by atoms with Crippen molar-refractivity contribution < 1.29 is 26.0 Å². The van der Waals surface area contributed by atoms with Gasteiger partial charge in [-0.25, -0.2) is 12.8 Å². The Morgan fingerprint density at radius 2 is 1.40 bits per heavy atom. The molecule has 0 spiro atoms. The lowest BCUT2D eigenvalue weighted by Crippen LogP contribution is -2.08. The van der Waals surface area contributed by atoms with E-state index in [1.165, 1.54) is 6.07 Å². The van der Waals surface area contributed by atoms with Crippen LogP contribution >= 0.6 is 0 Å². The first-order valence-electron chi connectivity index (χ1n) is 5.39. The predicted molar refractivity (Wildman–Crippen MR) is 63.3 cm³/mol. The second kappa shape index (κ2) is 4.90. The molecular weight excluding hydrogens is 296 g/mol. The molecule has 2 aromatic carbocycles. The molecule has 0 saturated carbocycles. The summed E-state index contributed by atoms with van der Waals surface area (Å²) in [6.07, 6.45) is -4.65. The molecule has 2 nitrogen and oxygen atoms in total. The maximum atomic E-state index is 13.0. The largest absolute Gasteiger partial charge is 0.416 e. The summed E-state index contributed by atoms with van der Waals surface area (Å²) in [7, 11) is -4.18. The molecule has 0 fully saturated rings. The molecule has 0 radical (unpaired) electrons. The Bertz CT molecular complexity index is 736. The Balaban J connectivity index is 2.56. The van der Waals surface area contributed by atoms with Gasteiger partial charge >= 0.3 is 6.18 Å². The maximum absolute atomic E-state index is 13.0. The highest BCUT2D eigenvalue weighted by molar-refractivity contribution is 7.91. The molecule has 0 aliphatic heterocycles. The second-order valence-corrected chi connectivity index (χ2v) is 5.94. The lowest BCUT2D eigenvalue weighted by atomic mass is 10.2. The van der Waals surface area contributed by atoms with Gasteiger partial charge in [0, 0.05) is 0 Å². The number of alkyl halides is 3. The zero-order valence-corrected chi connectivity index (χ0v) is 10.7. The molecule has 2 rings (SSSR count). The highest BCUT2D eigenvalue weighted by Gasteiger charge is 2.32. The van der Waals surface area contributed by atoms with Crippen molar-refractivity contribution in [3.8, 4) is 0 Å². The van der Waals surface area contributed by atoms with E-state index < -0.39 is 37.2 Å². The van der Waals surface area contributed by atoms with Gasteiger partial charge in [0.2, 0.25) is 9.84 Å². The first-order valence-corrected chi connectivity index (χ1v) is 6.87. The van der Waals surface area contributed by atoms with Crippen LogP contribution in [-0.4, -0.2) is 8.42 Å². The number of halogens is 4.